The van der Waals surface area contributed by atoms with Gasteiger partial charge in [-0.15, -0.1) is 11.3 Å². The maximum absolute atomic E-state index is 11.0. The Morgan fingerprint density at radius 1 is 1.71 bits per heavy atom. The molecular formula is C9H12N2O2S. The lowest BCUT2D eigenvalue weighted by Gasteiger charge is -2.28. The van der Waals surface area contributed by atoms with Crippen molar-refractivity contribution < 1.29 is 9.90 Å². The van der Waals surface area contributed by atoms with Gasteiger partial charge in [-0.2, -0.15) is 0 Å². The minimum atomic E-state index is -0.712. The van der Waals surface area contributed by atoms with Crippen LogP contribution in [0.4, 0.5) is 0 Å². The van der Waals surface area contributed by atoms with Crippen LogP contribution < -0.4 is 5.32 Å². The number of piperidine rings is 1. The number of aliphatic carboxylic acids is 1. The van der Waals surface area contributed by atoms with Gasteiger partial charge in [-0.25, -0.2) is 0 Å². The van der Waals surface area contributed by atoms with Crippen LogP contribution in [0.5, 0.6) is 0 Å². The van der Waals surface area contributed by atoms with Crippen molar-refractivity contribution in [2.45, 2.75) is 12.3 Å². The number of rotatable bonds is 2. The van der Waals surface area contributed by atoms with E-state index in [0.29, 0.717) is 6.54 Å². The fourth-order valence-electron chi connectivity index (χ4n) is 1.87. The van der Waals surface area contributed by atoms with Gasteiger partial charge >= 0.3 is 5.97 Å². The van der Waals surface area contributed by atoms with E-state index in [1.165, 1.54) is 0 Å². The molecule has 2 N–H and O–H groups in total. The summed E-state index contributed by atoms with van der Waals surface area (Å²) in [6.45, 7) is 1.46. The van der Waals surface area contributed by atoms with Crippen molar-refractivity contribution in [2.24, 2.45) is 5.92 Å². The van der Waals surface area contributed by atoms with Crippen LogP contribution in [0.25, 0.3) is 0 Å². The summed E-state index contributed by atoms with van der Waals surface area (Å²) in [5, 5.41) is 12.2. The third kappa shape index (κ3) is 1.78. The SMILES string of the molecule is O=C(O)C1CNCCC1c1cncs1. The lowest BCUT2D eigenvalue weighted by atomic mass is 9.86. The van der Waals surface area contributed by atoms with E-state index in [9.17, 15) is 4.79 Å². The first-order valence-corrected chi connectivity index (χ1v) is 5.49. The van der Waals surface area contributed by atoms with E-state index in [4.69, 9.17) is 5.11 Å². The Balaban J connectivity index is 2.18. The lowest BCUT2D eigenvalue weighted by Crippen LogP contribution is -2.39. The van der Waals surface area contributed by atoms with Crippen molar-refractivity contribution in [3.8, 4) is 0 Å². The molecule has 1 saturated heterocycles. The van der Waals surface area contributed by atoms with Crippen molar-refractivity contribution in [3.63, 3.8) is 0 Å². The first kappa shape index (κ1) is 9.61. The molecule has 0 radical (unpaired) electrons. The molecule has 14 heavy (non-hydrogen) atoms. The Bertz CT molecular complexity index is 313. The second-order valence-corrected chi connectivity index (χ2v) is 4.37. The van der Waals surface area contributed by atoms with E-state index in [1.807, 2.05) is 0 Å². The van der Waals surface area contributed by atoms with Crippen LogP contribution in [0.3, 0.4) is 0 Å². The Labute approximate surface area is 86.0 Å². The molecule has 5 heteroatoms. The van der Waals surface area contributed by atoms with E-state index in [-0.39, 0.29) is 11.8 Å². The minimum Gasteiger partial charge on any atom is -0.481 e. The maximum Gasteiger partial charge on any atom is 0.308 e. The third-order valence-corrected chi connectivity index (χ3v) is 3.52. The molecule has 0 spiro atoms. The highest BCUT2D eigenvalue weighted by Gasteiger charge is 2.32. The highest BCUT2D eigenvalue weighted by molar-refractivity contribution is 7.09. The Morgan fingerprint density at radius 3 is 3.21 bits per heavy atom. The van der Waals surface area contributed by atoms with Crippen molar-refractivity contribution in [3.05, 3.63) is 16.6 Å². The fourth-order valence-corrected chi connectivity index (χ4v) is 2.69. The molecule has 1 aliphatic rings. The van der Waals surface area contributed by atoms with Crippen LogP contribution in [-0.4, -0.2) is 29.1 Å². The van der Waals surface area contributed by atoms with Crippen molar-refractivity contribution in [1.29, 1.82) is 0 Å². The summed E-state index contributed by atoms with van der Waals surface area (Å²) >= 11 is 1.55. The molecule has 0 saturated carbocycles. The number of thiazole rings is 1. The van der Waals surface area contributed by atoms with E-state index >= 15 is 0 Å². The summed E-state index contributed by atoms with van der Waals surface area (Å²) in [5.74, 6) is -0.874. The highest BCUT2D eigenvalue weighted by Crippen LogP contribution is 2.32. The zero-order valence-electron chi connectivity index (χ0n) is 7.64. The molecule has 2 unspecified atom stereocenters. The van der Waals surface area contributed by atoms with E-state index < -0.39 is 5.97 Å². The van der Waals surface area contributed by atoms with Crippen LogP contribution in [0.15, 0.2) is 11.7 Å². The molecule has 0 aliphatic carbocycles. The second-order valence-electron chi connectivity index (χ2n) is 3.45. The quantitative estimate of drug-likeness (QED) is 0.765. The monoisotopic (exact) mass is 212 g/mol. The number of hydrogen-bond donors (Lipinski definition) is 2. The largest absolute Gasteiger partial charge is 0.481 e. The van der Waals surface area contributed by atoms with Crippen LogP contribution in [0, 0.1) is 5.92 Å². The molecule has 1 aliphatic heterocycles. The van der Waals surface area contributed by atoms with Gasteiger partial charge in [-0.1, -0.05) is 0 Å². The van der Waals surface area contributed by atoms with Gasteiger partial charge < -0.3 is 10.4 Å². The average molecular weight is 212 g/mol. The van der Waals surface area contributed by atoms with Crippen LogP contribution in [0.1, 0.15) is 17.2 Å². The molecule has 1 aromatic rings. The maximum atomic E-state index is 11.0. The molecule has 1 fully saturated rings. The first-order valence-electron chi connectivity index (χ1n) is 4.61. The zero-order chi connectivity index (χ0) is 9.97. The predicted octanol–water partition coefficient (Wildman–Crippen LogP) is 0.921. The number of aromatic nitrogens is 1. The standard InChI is InChI=1S/C9H12N2O2S/c12-9(13)7-3-10-2-1-6(7)8-4-11-5-14-8/h4-7,10H,1-3H2,(H,12,13). The summed E-state index contributed by atoms with van der Waals surface area (Å²) < 4.78 is 0. The van der Waals surface area contributed by atoms with Crippen molar-refractivity contribution in [1.82, 2.24) is 10.3 Å². The number of carbonyl (C=O) groups is 1. The molecule has 0 aromatic carbocycles. The number of nitrogens with zero attached hydrogens (tertiary/aromatic N) is 1. The van der Waals surface area contributed by atoms with Crippen molar-refractivity contribution >= 4 is 17.3 Å². The summed E-state index contributed by atoms with van der Waals surface area (Å²) in [6, 6.07) is 0. The minimum absolute atomic E-state index is 0.140. The summed E-state index contributed by atoms with van der Waals surface area (Å²) in [5.41, 5.74) is 1.76. The number of carboxylic acids is 1. The normalized spacial score (nSPS) is 27.4. The molecule has 2 heterocycles. The highest BCUT2D eigenvalue weighted by atomic mass is 32.1. The van der Waals surface area contributed by atoms with Crippen LogP contribution in [0.2, 0.25) is 0 Å². The van der Waals surface area contributed by atoms with Gasteiger partial charge in [0.25, 0.3) is 0 Å². The van der Waals surface area contributed by atoms with Gasteiger partial charge in [0, 0.05) is 23.5 Å². The van der Waals surface area contributed by atoms with Gasteiger partial charge in [-0.3, -0.25) is 9.78 Å². The molecule has 0 bridgehead atoms. The second kappa shape index (κ2) is 4.06. The Morgan fingerprint density at radius 2 is 2.57 bits per heavy atom. The lowest BCUT2D eigenvalue weighted by molar-refractivity contribution is -0.142. The van der Waals surface area contributed by atoms with Crippen molar-refractivity contribution in [2.75, 3.05) is 13.1 Å². The van der Waals surface area contributed by atoms with Crippen LogP contribution in [-0.2, 0) is 4.79 Å². The zero-order valence-corrected chi connectivity index (χ0v) is 8.46. The summed E-state index contributed by atoms with van der Waals surface area (Å²) in [7, 11) is 0. The van der Waals surface area contributed by atoms with Gasteiger partial charge in [0.2, 0.25) is 0 Å². The molecule has 4 nitrogen and oxygen atoms in total. The fraction of sp³-hybridized carbons (Fsp3) is 0.556. The van der Waals surface area contributed by atoms with E-state index in [2.05, 4.69) is 10.3 Å². The molecule has 0 amide bonds. The van der Waals surface area contributed by atoms with Gasteiger partial charge in [-0.05, 0) is 13.0 Å². The third-order valence-electron chi connectivity index (χ3n) is 2.62. The average Bonchev–Trinajstić information content (AvgIpc) is 2.70. The molecule has 2 rings (SSSR count). The smallest absolute Gasteiger partial charge is 0.308 e. The number of nitrogens with one attached hydrogen (secondary N) is 1. The van der Waals surface area contributed by atoms with Gasteiger partial charge in [0.05, 0.1) is 11.4 Å². The summed E-state index contributed by atoms with van der Waals surface area (Å²) in [4.78, 5) is 16.1. The number of carboxylic acid groups (broad SMARTS) is 1. The van der Waals surface area contributed by atoms with Crippen LogP contribution >= 0.6 is 11.3 Å². The molecule has 1 aromatic heterocycles. The predicted molar refractivity (Wildman–Crippen MR) is 53.5 cm³/mol. The molecule has 2 atom stereocenters. The Kier molecular flexibility index (Phi) is 2.79. The van der Waals surface area contributed by atoms with E-state index in [1.54, 1.807) is 23.0 Å². The number of hydrogen-bond acceptors (Lipinski definition) is 4. The summed E-state index contributed by atoms with van der Waals surface area (Å²) in [6.07, 6.45) is 2.68. The van der Waals surface area contributed by atoms with E-state index in [0.717, 1.165) is 17.8 Å². The van der Waals surface area contributed by atoms with Gasteiger partial charge in [0.1, 0.15) is 0 Å². The first-order chi connectivity index (χ1) is 6.79. The Hall–Kier alpha value is -0.940. The topological polar surface area (TPSA) is 62.2 Å². The molecular weight excluding hydrogens is 200 g/mol. The van der Waals surface area contributed by atoms with Gasteiger partial charge in [0.15, 0.2) is 0 Å². The molecule has 76 valence electrons.